The van der Waals surface area contributed by atoms with E-state index in [9.17, 15) is 9.59 Å². The van der Waals surface area contributed by atoms with Gasteiger partial charge in [0, 0.05) is 30.2 Å². The fraction of sp³-hybridized carbons (Fsp3) is 0.417. The van der Waals surface area contributed by atoms with Gasteiger partial charge in [0.25, 0.3) is 0 Å². The summed E-state index contributed by atoms with van der Waals surface area (Å²) in [6.45, 7) is 12.2. The van der Waals surface area contributed by atoms with Gasteiger partial charge in [0.1, 0.15) is 0 Å². The van der Waals surface area contributed by atoms with E-state index < -0.39 is 0 Å². The molecule has 2 unspecified atom stereocenters. The molecule has 5 nitrogen and oxygen atoms in total. The van der Waals surface area contributed by atoms with Crippen LogP contribution < -0.4 is 15.5 Å². The minimum absolute atomic E-state index is 0.0780. The highest BCUT2D eigenvalue weighted by atomic mass is 16.2. The Morgan fingerprint density at radius 2 is 1.38 bits per heavy atom. The number of benzene rings is 2. The van der Waals surface area contributed by atoms with Crippen molar-refractivity contribution in [2.75, 3.05) is 28.6 Å². The van der Waals surface area contributed by atoms with Crippen molar-refractivity contribution in [2.45, 2.75) is 41.0 Å². The molecule has 5 heteroatoms. The van der Waals surface area contributed by atoms with E-state index in [0.717, 1.165) is 46.8 Å². The van der Waals surface area contributed by atoms with Gasteiger partial charge < -0.3 is 15.5 Å². The second-order valence-electron chi connectivity index (χ2n) is 7.92. The number of nitrogens with one attached hydrogen (secondary N) is 2. The van der Waals surface area contributed by atoms with Crippen molar-refractivity contribution in [3.8, 4) is 0 Å². The molecule has 0 radical (unpaired) electrons. The lowest BCUT2D eigenvalue weighted by molar-refractivity contribution is -0.122. The van der Waals surface area contributed by atoms with Crippen LogP contribution in [0.2, 0.25) is 0 Å². The Kier molecular flexibility index (Phi) is 6.26. The summed E-state index contributed by atoms with van der Waals surface area (Å²) in [6.07, 6.45) is 0.596. The summed E-state index contributed by atoms with van der Waals surface area (Å²) < 4.78 is 0. The lowest BCUT2D eigenvalue weighted by Gasteiger charge is -2.22. The Hall–Kier alpha value is -2.82. The lowest BCUT2D eigenvalue weighted by Crippen LogP contribution is -2.22. The van der Waals surface area contributed by atoms with Crippen LogP contribution in [-0.4, -0.2) is 24.9 Å². The smallest absolute Gasteiger partial charge is 0.228 e. The summed E-state index contributed by atoms with van der Waals surface area (Å²) >= 11 is 0. The third kappa shape index (κ3) is 4.78. The predicted octanol–water partition coefficient (Wildman–Crippen LogP) is 4.67. The van der Waals surface area contributed by atoms with Crippen LogP contribution in [0.15, 0.2) is 36.4 Å². The molecule has 2 amide bonds. The zero-order valence-electron chi connectivity index (χ0n) is 18.0. The molecule has 1 aliphatic carbocycles. The van der Waals surface area contributed by atoms with Crippen molar-refractivity contribution in [1.29, 1.82) is 0 Å². The summed E-state index contributed by atoms with van der Waals surface area (Å²) in [4.78, 5) is 27.4. The monoisotopic (exact) mass is 393 g/mol. The Morgan fingerprint density at radius 3 is 1.86 bits per heavy atom. The molecule has 2 aromatic rings. The Balaban J connectivity index is 1.59. The van der Waals surface area contributed by atoms with Gasteiger partial charge in [0.15, 0.2) is 0 Å². The highest BCUT2D eigenvalue weighted by molar-refractivity contribution is 6.03. The molecule has 2 N–H and O–H groups in total. The maximum atomic E-state index is 12.6. The van der Waals surface area contributed by atoms with E-state index in [0.29, 0.717) is 6.42 Å². The second kappa shape index (κ2) is 8.68. The number of hydrogen-bond donors (Lipinski definition) is 2. The van der Waals surface area contributed by atoms with Crippen LogP contribution in [0.4, 0.5) is 17.1 Å². The molecule has 29 heavy (non-hydrogen) atoms. The molecular weight excluding hydrogens is 362 g/mol. The van der Waals surface area contributed by atoms with E-state index >= 15 is 0 Å². The average Bonchev–Trinajstić information content (AvgIpc) is 3.48. The first-order valence-corrected chi connectivity index (χ1v) is 10.4. The topological polar surface area (TPSA) is 61.4 Å². The number of aryl methyl sites for hydroxylation is 3. The van der Waals surface area contributed by atoms with Crippen molar-refractivity contribution < 1.29 is 9.59 Å². The fourth-order valence-corrected chi connectivity index (χ4v) is 3.75. The third-order valence-corrected chi connectivity index (χ3v) is 5.70. The van der Waals surface area contributed by atoms with Gasteiger partial charge in [-0.25, -0.2) is 0 Å². The van der Waals surface area contributed by atoms with Gasteiger partial charge in [0.2, 0.25) is 11.8 Å². The third-order valence-electron chi connectivity index (χ3n) is 5.70. The molecule has 2 atom stereocenters. The molecule has 2 aromatic carbocycles. The standard InChI is InChI=1S/C24H31N3O2/c1-6-27(7-2)18-9-11-22(17(5)13-18)26-24(29)20-14-19(20)23(28)25-21-10-8-15(3)12-16(21)4/h8-13,19-20H,6-7,14H2,1-5H3,(H,25,28)(H,26,29). The molecule has 0 saturated heterocycles. The summed E-state index contributed by atoms with van der Waals surface area (Å²) in [7, 11) is 0. The number of nitrogens with zero attached hydrogens (tertiary/aromatic N) is 1. The van der Waals surface area contributed by atoms with E-state index in [2.05, 4.69) is 35.4 Å². The van der Waals surface area contributed by atoms with E-state index in [1.807, 2.05) is 51.1 Å². The fourth-order valence-electron chi connectivity index (χ4n) is 3.75. The van der Waals surface area contributed by atoms with Crippen LogP contribution in [0.3, 0.4) is 0 Å². The van der Waals surface area contributed by atoms with Crippen molar-refractivity contribution in [2.24, 2.45) is 11.8 Å². The first-order valence-electron chi connectivity index (χ1n) is 10.4. The van der Waals surface area contributed by atoms with Crippen molar-refractivity contribution in [3.63, 3.8) is 0 Å². The Bertz CT molecular complexity index is 918. The second-order valence-corrected chi connectivity index (χ2v) is 7.92. The number of carbonyl (C=O) groups excluding carboxylic acids is 2. The van der Waals surface area contributed by atoms with Gasteiger partial charge in [-0.15, -0.1) is 0 Å². The quantitative estimate of drug-likeness (QED) is 0.718. The van der Waals surface area contributed by atoms with Gasteiger partial charge >= 0.3 is 0 Å². The van der Waals surface area contributed by atoms with Crippen LogP contribution >= 0.6 is 0 Å². The summed E-state index contributed by atoms with van der Waals surface area (Å²) in [6, 6.07) is 12.0. The van der Waals surface area contributed by atoms with Crippen LogP contribution in [0.5, 0.6) is 0 Å². The van der Waals surface area contributed by atoms with E-state index in [4.69, 9.17) is 0 Å². The lowest BCUT2D eigenvalue weighted by atomic mass is 10.1. The van der Waals surface area contributed by atoms with E-state index in [1.165, 1.54) is 0 Å². The Labute approximate surface area is 173 Å². The predicted molar refractivity (Wildman–Crippen MR) is 120 cm³/mol. The largest absolute Gasteiger partial charge is 0.372 e. The highest BCUT2D eigenvalue weighted by Gasteiger charge is 2.48. The average molecular weight is 394 g/mol. The number of rotatable bonds is 7. The van der Waals surface area contributed by atoms with Gasteiger partial charge in [-0.3, -0.25) is 9.59 Å². The number of carbonyl (C=O) groups is 2. The molecule has 0 bridgehead atoms. The molecule has 3 rings (SSSR count). The normalized spacial score (nSPS) is 17.6. The molecule has 1 aliphatic rings. The van der Waals surface area contributed by atoms with Gasteiger partial charge in [-0.2, -0.15) is 0 Å². The molecule has 1 saturated carbocycles. The minimum Gasteiger partial charge on any atom is -0.372 e. The molecule has 0 aromatic heterocycles. The van der Waals surface area contributed by atoms with E-state index in [1.54, 1.807) is 0 Å². The molecule has 1 fully saturated rings. The Morgan fingerprint density at radius 1 is 0.862 bits per heavy atom. The number of anilines is 3. The van der Waals surface area contributed by atoms with Crippen LogP contribution in [0, 0.1) is 32.6 Å². The van der Waals surface area contributed by atoms with Crippen LogP contribution in [0.25, 0.3) is 0 Å². The van der Waals surface area contributed by atoms with Crippen molar-refractivity contribution >= 4 is 28.9 Å². The first kappa shape index (κ1) is 20.9. The molecule has 154 valence electrons. The number of amides is 2. The van der Waals surface area contributed by atoms with Gasteiger partial charge in [-0.05, 0) is 76.4 Å². The molecule has 0 heterocycles. The van der Waals surface area contributed by atoms with Crippen molar-refractivity contribution in [3.05, 3.63) is 53.1 Å². The molecule has 0 spiro atoms. The summed E-state index contributed by atoms with van der Waals surface area (Å²) in [5.41, 5.74) is 6.00. The summed E-state index contributed by atoms with van der Waals surface area (Å²) in [5, 5.41) is 5.97. The number of hydrogen-bond acceptors (Lipinski definition) is 3. The van der Waals surface area contributed by atoms with E-state index in [-0.39, 0.29) is 23.7 Å². The molecule has 0 aliphatic heterocycles. The zero-order chi connectivity index (χ0) is 21.1. The summed E-state index contributed by atoms with van der Waals surface area (Å²) in [5.74, 6) is -0.677. The SMILES string of the molecule is CCN(CC)c1ccc(NC(=O)C2CC2C(=O)Nc2ccc(C)cc2C)c(C)c1. The van der Waals surface area contributed by atoms with Crippen LogP contribution in [-0.2, 0) is 9.59 Å². The maximum absolute atomic E-state index is 12.6. The van der Waals surface area contributed by atoms with Crippen LogP contribution in [0.1, 0.15) is 37.0 Å². The maximum Gasteiger partial charge on any atom is 0.228 e. The first-order chi connectivity index (χ1) is 13.8. The van der Waals surface area contributed by atoms with Gasteiger partial charge in [-0.1, -0.05) is 17.7 Å². The zero-order valence-corrected chi connectivity index (χ0v) is 18.0. The van der Waals surface area contributed by atoms with Gasteiger partial charge in [0.05, 0.1) is 11.8 Å². The highest BCUT2D eigenvalue weighted by Crippen LogP contribution is 2.40. The molecular formula is C24H31N3O2. The van der Waals surface area contributed by atoms with Crippen molar-refractivity contribution in [1.82, 2.24) is 0 Å². The minimum atomic E-state index is -0.261.